The van der Waals surface area contributed by atoms with Gasteiger partial charge in [0.15, 0.2) is 0 Å². The van der Waals surface area contributed by atoms with Crippen LogP contribution in [0.25, 0.3) is 5.69 Å². The first kappa shape index (κ1) is 12.6. The molecule has 1 aromatic heterocycles. The number of hydrogen-bond acceptors (Lipinski definition) is 5. The average Bonchev–Trinajstić information content (AvgIpc) is 2.71. The van der Waals surface area contributed by atoms with Crippen molar-refractivity contribution in [1.29, 1.82) is 0 Å². The molecule has 0 aliphatic rings. The number of benzene rings is 1. The number of aryl methyl sites for hydroxylation is 1. The number of carboxylic acid groups (broad SMARTS) is 1. The van der Waals surface area contributed by atoms with E-state index < -0.39 is 10.9 Å². The highest BCUT2D eigenvalue weighted by atomic mass is 16.6. The molecule has 2 aromatic rings. The van der Waals surface area contributed by atoms with E-state index in [4.69, 9.17) is 10.8 Å². The minimum atomic E-state index is -1.20. The monoisotopic (exact) mass is 262 g/mol. The van der Waals surface area contributed by atoms with E-state index in [2.05, 4.69) is 5.10 Å². The number of nitro groups is 1. The largest absolute Gasteiger partial charge is 0.477 e. The zero-order chi connectivity index (χ0) is 14.2. The molecule has 1 heterocycles. The van der Waals surface area contributed by atoms with Crippen LogP contribution < -0.4 is 5.73 Å². The topological polar surface area (TPSA) is 124 Å². The summed E-state index contributed by atoms with van der Waals surface area (Å²) in [5, 5.41) is 23.5. The molecule has 0 aliphatic heterocycles. The molecule has 2 rings (SSSR count). The number of nitrogens with zero attached hydrogens (tertiary/aromatic N) is 3. The number of anilines is 1. The van der Waals surface area contributed by atoms with Crippen LogP contribution in [0.15, 0.2) is 24.4 Å². The lowest BCUT2D eigenvalue weighted by Gasteiger charge is -2.07. The minimum Gasteiger partial charge on any atom is -0.477 e. The summed E-state index contributed by atoms with van der Waals surface area (Å²) in [5.41, 5.74) is 6.48. The third-order valence-electron chi connectivity index (χ3n) is 2.67. The van der Waals surface area contributed by atoms with Crippen molar-refractivity contribution in [3.63, 3.8) is 0 Å². The Labute approximate surface area is 107 Å². The predicted molar refractivity (Wildman–Crippen MR) is 66.3 cm³/mol. The van der Waals surface area contributed by atoms with Gasteiger partial charge in [0, 0.05) is 12.1 Å². The molecule has 0 atom stereocenters. The zero-order valence-corrected chi connectivity index (χ0v) is 9.90. The zero-order valence-electron chi connectivity index (χ0n) is 9.90. The number of aromatic carboxylic acids is 1. The molecule has 8 heteroatoms. The second-order valence-corrected chi connectivity index (χ2v) is 3.89. The molecular formula is C11H10N4O4. The van der Waals surface area contributed by atoms with Gasteiger partial charge in [-0.1, -0.05) is 6.07 Å². The molecule has 19 heavy (non-hydrogen) atoms. The summed E-state index contributed by atoms with van der Waals surface area (Å²) in [4.78, 5) is 21.1. The molecule has 0 saturated heterocycles. The van der Waals surface area contributed by atoms with Crippen LogP contribution in [0.5, 0.6) is 0 Å². The van der Waals surface area contributed by atoms with Crippen LogP contribution in [-0.4, -0.2) is 25.8 Å². The van der Waals surface area contributed by atoms with E-state index >= 15 is 0 Å². The summed E-state index contributed by atoms with van der Waals surface area (Å²) in [7, 11) is 0. The highest BCUT2D eigenvalue weighted by molar-refractivity contribution is 5.92. The lowest BCUT2D eigenvalue weighted by molar-refractivity contribution is -0.384. The summed E-state index contributed by atoms with van der Waals surface area (Å²) in [6, 6.07) is 4.20. The number of hydrogen-bond donors (Lipinski definition) is 2. The fourth-order valence-electron chi connectivity index (χ4n) is 1.65. The van der Waals surface area contributed by atoms with Crippen molar-refractivity contribution < 1.29 is 14.8 Å². The van der Waals surface area contributed by atoms with Gasteiger partial charge in [0.05, 0.1) is 16.8 Å². The quantitative estimate of drug-likeness (QED) is 0.635. The summed E-state index contributed by atoms with van der Waals surface area (Å²) >= 11 is 0. The average molecular weight is 262 g/mol. The number of aromatic nitrogens is 2. The van der Waals surface area contributed by atoms with Crippen molar-refractivity contribution >= 4 is 17.5 Å². The molecule has 98 valence electrons. The number of nitrogens with two attached hydrogens (primary N) is 1. The van der Waals surface area contributed by atoms with Crippen molar-refractivity contribution in [2.75, 3.05) is 5.73 Å². The molecule has 0 spiro atoms. The van der Waals surface area contributed by atoms with Gasteiger partial charge in [-0.2, -0.15) is 5.10 Å². The summed E-state index contributed by atoms with van der Waals surface area (Å²) in [6.45, 7) is 1.72. The van der Waals surface area contributed by atoms with Gasteiger partial charge < -0.3 is 10.8 Å². The second-order valence-electron chi connectivity index (χ2n) is 3.89. The minimum absolute atomic E-state index is 0.0731. The fourth-order valence-corrected chi connectivity index (χ4v) is 1.65. The maximum absolute atomic E-state index is 10.9. The molecule has 0 unspecified atom stereocenters. The van der Waals surface area contributed by atoms with E-state index in [1.165, 1.54) is 16.8 Å². The molecule has 1 aromatic carbocycles. The maximum Gasteiger partial charge on any atom is 0.341 e. The van der Waals surface area contributed by atoms with E-state index in [9.17, 15) is 14.9 Å². The van der Waals surface area contributed by atoms with Crippen molar-refractivity contribution in [3.05, 3.63) is 45.6 Å². The van der Waals surface area contributed by atoms with Gasteiger partial charge >= 0.3 is 5.97 Å². The van der Waals surface area contributed by atoms with Crippen LogP contribution in [0, 0.1) is 17.0 Å². The van der Waals surface area contributed by atoms with Crippen molar-refractivity contribution in [2.24, 2.45) is 0 Å². The first-order chi connectivity index (χ1) is 8.91. The van der Waals surface area contributed by atoms with Gasteiger partial charge in [-0.15, -0.1) is 0 Å². The lowest BCUT2D eigenvalue weighted by atomic mass is 10.2. The third kappa shape index (κ3) is 2.10. The summed E-state index contributed by atoms with van der Waals surface area (Å²) in [5.74, 6) is -1.28. The smallest absolute Gasteiger partial charge is 0.341 e. The number of nitrogen functional groups attached to an aromatic ring is 1. The van der Waals surface area contributed by atoms with E-state index in [-0.39, 0.29) is 17.1 Å². The highest BCUT2D eigenvalue weighted by Crippen LogP contribution is 2.24. The molecule has 0 bridgehead atoms. The third-order valence-corrected chi connectivity index (χ3v) is 2.67. The first-order valence-corrected chi connectivity index (χ1v) is 5.24. The molecule has 3 N–H and O–H groups in total. The lowest BCUT2D eigenvalue weighted by Crippen LogP contribution is -2.07. The maximum atomic E-state index is 10.9. The van der Waals surface area contributed by atoms with Crippen LogP contribution in [0.3, 0.4) is 0 Å². The predicted octanol–water partition coefficient (Wildman–Crippen LogP) is 1.37. The molecule has 0 radical (unpaired) electrons. The van der Waals surface area contributed by atoms with E-state index in [0.29, 0.717) is 11.3 Å². The number of non-ortho nitro benzene ring substituents is 1. The fraction of sp³-hybridized carbons (Fsp3) is 0.0909. The number of carbonyl (C=O) groups is 1. The Morgan fingerprint density at radius 3 is 2.74 bits per heavy atom. The molecular weight excluding hydrogens is 252 g/mol. The number of rotatable bonds is 3. The summed E-state index contributed by atoms with van der Waals surface area (Å²) in [6.07, 6.45) is 1.11. The Morgan fingerprint density at radius 2 is 2.21 bits per heavy atom. The van der Waals surface area contributed by atoms with Crippen molar-refractivity contribution in [2.45, 2.75) is 6.92 Å². The van der Waals surface area contributed by atoms with E-state index in [0.717, 1.165) is 6.20 Å². The van der Waals surface area contributed by atoms with Crippen LogP contribution in [0.2, 0.25) is 0 Å². The Bertz CT molecular complexity index is 677. The molecule has 0 fully saturated rings. The van der Waals surface area contributed by atoms with Crippen LogP contribution in [0.4, 0.5) is 11.5 Å². The molecule has 0 aliphatic carbocycles. The number of nitro benzene ring substituents is 1. The van der Waals surface area contributed by atoms with Crippen LogP contribution in [0.1, 0.15) is 15.9 Å². The second kappa shape index (κ2) is 4.41. The number of carboxylic acids is 1. The van der Waals surface area contributed by atoms with E-state index in [1.54, 1.807) is 13.0 Å². The Morgan fingerprint density at radius 1 is 1.53 bits per heavy atom. The molecule has 0 saturated carbocycles. The Kier molecular flexibility index (Phi) is 2.91. The standard InChI is InChI=1S/C11H10N4O4/c1-6-2-3-7(15(18)19)4-9(6)14-10(12)8(5-13-14)11(16)17/h2-5H,12H2,1H3,(H,16,17). The first-order valence-electron chi connectivity index (χ1n) is 5.24. The van der Waals surface area contributed by atoms with Gasteiger partial charge in [0.1, 0.15) is 11.4 Å². The normalized spacial score (nSPS) is 10.4. The van der Waals surface area contributed by atoms with E-state index in [1.807, 2.05) is 0 Å². The summed E-state index contributed by atoms with van der Waals surface area (Å²) < 4.78 is 1.17. The van der Waals surface area contributed by atoms with Crippen molar-refractivity contribution in [1.82, 2.24) is 9.78 Å². The van der Waals surface area contributed by atoms with Gasteiger partial charge in [0.2, 0.25) is 0 Å². The highest BCUT2D eigenvalue weighted by Gasteiger charge is 2.17. The SMILES string of the molecule is Cc1ccc([N+](=O)[O-])cc1-n1ncc(C(=O)O)c1N. The van der Waals surface area contributed by atoms with Gasteiger partial charge in [-0.05, 0) is 12.5 Å². The van der Waals surface area contributed by atoms with Crippen LogP contribution >= 0.6 is 0 Å². The van der Waals surface area contributed by atoms with Crippen LogP contribution in [-0.2, 0) is 0 Å². The van der Waals surface area contributed by atoms with Gasteiger partial charge in [0.25, 0.3) is 5.69 Å². The Hall–Kier alpha value is -2.90. The van der Waals surface area contributed by atoms with Crippen molar-refractivity contribution in [3.8, 4) is 5.69 Å². The van der Waals surface area contributed by atoms with Gasteiger partial charge in [-0.3, -0.25) is 10.1 Å². The van der Waals surface area contributed by atoms with Gasteiger partial charge in [-0.25, -0.2) is 9.48 Å². The molecule has 8 nitrogen and oxygen atoms in total. The Balaban J connectivity index is 2.61. The molecule has 0 amide bonds.